The van der Waals surface area contributed by atoms with Gasteiger partial charge in [-0.2, -0.15) is 13.2 Å². The second kappa shape index (κ2) is 5.03. The van der Waals surface area contributed by atoms with E-state index in [1.54, 1.807) is 12.1 Å². The highest BCUT2D eigenvalue weighted by Crippen LogP contribution is 2.38. The van der Waals surface area contributed by atoms with Crippen LogP contribution in [-0.2, 0) is 6.18 Å². The Hall–Kier alpha value is -0.850. The third-order valence-electron chi connectivity index (χ3n) is 2.42. The van der Waals surface area contributed by atoms with Crippen LogP contribution in [0.4, 0.5) is 13.2 Å². The topological polar surface area (TPSA) is 20.2 Å². The minimum absolute atomic E-state index is 0.126. The van der Waals surface area contributed by atoms with Gasteiger partial charge in [-0.05, 0) is 39.7 Å². The molecule has 0 radical (unpaired) electrons. The van der Waals surface area contributed by atoms with E-state index >= 15 is 0 Å². The Kier molecular flexibility index (Phi) is 3.79. The minimum Gasteiger partial charge on any atom is -0.383 e. The number of rotatable bonds is 2. The molecule has 0 amide bonds. The standard InChI is InChI=1S/C12H8BrF3OS/c13-10-6-5-9(18-10)11(17)7-3-1-2-4-8(7)12(14,15)16/h1-6,11,17H. The van der Waals surface area contributed by atoms with Crippen LogP contribution in [0, 0.1) is 0 Å². The first-order valence-corrected chi connectivity index (χ1v) is 6.60. The first-order chi connectivity index (χ1) is 8.39. The Morgan fingerprint density at radius 2 is 1.78 bits per heavy atom. The molecular formula is C12H8BrF3OS. The van der Waals surface area contributed by atoms with Crippen LogP contribution in [0.3, 0.4) is 0 Å². The van der Waals surface area contributed by atoms with Crippen molar-refractivity contribution < 1.29 is 18.3 Å². The minimum atomic E-state index is -4.47. The summed E-state index contributed by atoms with van der Waals surface area (Å²) in [5, 5.41) is 10.0. The van der Waals surface area contributed by atoms with Gasteiger partial charge in [0.25, 0.3) is 0 Å². The van der Waals surface area contributed by atoms with Gasteiger partial charge in [0.05, 0.1) is 9.35 Å². The highest BCUT2D eigenvalue weighted by Gasteiger charge is 2.35. The van der Waals surface area contributed by atoms with Crippen molar-refractivity contribution in [2.24, 2.45) is 0 Å². The number of aliphatic hydroxyl groups excluding tert-OH is 1. The lowest BCUT2D eigenvalue weighted by Gasteiger charge is -2.16. The van der Waals surface area contributed by atoms with Crippen LogP contribution in [0.25, 0.3) is 0 Å². The molecule has 2 aromatic rings. The molecule has 0 spiro atoms. The normalized spacial score (nSPS) is 13.6. The second-order valence-corrected chi connectivity index (χ2v) is 6.12. The molecule has 1 atom stereocenters. The van der Waals surface area contributed by atoms with Crippen LogP contribution < -0.4 is 0 Å². The van der Waals surface area contributed by atoms with Crippen molar-refractivity contribution in [3.63, 3.8) is 0 Å². The number of hydrogen-bond donors (Lipinski definition) is 1. The summed E-state index contributed by atoms with van der Waals surface area (Å²) >= 11 is 4.43. The molecule has 0 fully saturated rings. The molecule has 1 N–H and O–H groups in total. The van der Waals surface area contributed by atoms with E-state index in [1.807, 2.05) is 0 Å². The average molecular weight is 337 g/mol. The van der Waals surface area contributed by atoms with E-state index < -0.39 is 17.8 Å². The average Bonchev–Trinajstić information content (AvgIpc) is 2.74. The van der Waals surface area contributed by atoms with Crippen LogP contribution >= 0.6 is 27.3 Å². The van der Waals surface area contributed by atoms with Gasteiger partial charge in [-0.25, -0.2) is 0 Å². The van der Waals surface area contributed by atoms with Gasteiger partial charge in [0.2, 0.25) is 0 Å². The summed E-state index contributed by atoms with van der Waals surface area (Å²) in [4.78, 5) is 0.471. The molecule has 96 valence electrons. The molecule has 2 rings (SSSR count). The number of alkyl halides is 3. The summed E-state index contributed by atoms with van der Waals surface area (Å²) < 4.78 is 39.2. The summed E-state index contributed by atoms with van der Waals surface area (Å²) in [6.45, 7) is 0. The Balaban J connectivity index is 2.45. The number of benzene rings is 1. The summed E-state index contributed by atoms with van der Waals surface area (Å²) in [6.07, 6.45) is -5.73. The van der Waals surface area contributed by atoms with Crippen molar-refractivity contribution in [2.45, 2.75) is 12.3 Å². The van der Waals surface area contributed by atoms with E-state index in [2.05, 4.69) is 15.9 Å². The lowest BCUT2D eigenvalue weighted by molar-refractivity contribution is -0.138. The molecule has 0 saturated heterocycles. The third kappa shape index (κ3) is 2.76. The van der Waals surface area contributed by atoms with Crippen LogP contribution in [0.1, 0.15) is 22.1 Å². The second-order valence-electron chi connectivity index (χ2n) is 3.63. The smallest absolute Gasteiger partial charge is 0.383 e. The summed E-state index contributed by atoms with van der Waals surface area (Å²) in [5.74, 6) is 0. The van der Waals surface area contributed by atoms with Crippen molar-refractivity contribution in [3.8, 4) is 0 Å². The lowest BCUT2D eigenvalue weighted by atomic mass is 10.0. The van der Waals surface area contributed by atoms with E-state index in [1.165, 1.54) is 29.5 Å². The summed E-state index contributed by atoms with van der Waals surface area (Å²) in [7, 11) is 0. The zero-order valence-electron chi connectivity index (χ0n) is 8.91. The fourth-order valence-electron chi connectivity index (χ4n) is 1.62. The largest absolute Gasteiger partial charge is 0.416 e. The fourth-order valence-corrected chi connectivity index (χ4v) is 3.05. The predicted molar refractivity (Wildman–Crippen MR) is 67.5 cm³/mol. The fraction of sp³-hybridized carbons (Fsp3) is 0.167. The van der Waals surface area contributed by atoms with Gasteiger partial charge in [-0.3, -0.25) is 0 Å². The highest BCUT2D eigenvalue weighted by molar-refractivity contribution is 9.11. The van der Waals surface area contributed by atoms with Gasteiger partial charge in [-0.1, -0.05) is 18.2 Å². The van der Waals surface area contributed by atoms with Crippen LogP contribution in [-0.4, -0.2) is 5.11 Å². The molecule has 0 aliphatic rings. The SMILES string of the molecule is OC(c1ccc(Br)s1)c1ccccc1C(F)(F)F. The van der Waals surface area contributed by atoms with Crippen molar-refractivity contribution >= 4 is 27.3 Å². The van der Waals surface area contributed by atoms with Gasteiger partial charge < -0.3 is 5.11 Å². The Morgan fingerprint density at radius 1 is 1.11 bits per heavy atom. The van der Waals surface area contributed by atoms with Gasteiger partial charge >= 0.3 is 6.18 Å². The number of hydrogen-bond acceptors (Lipinski definition) is 2. The monoisotopic (exact) mass is 336 g/mol. The maximum absolute atomic E-state index is 12.8. The van der Waals surface area contributed by atoms with Crippen LogP contribution in [0.5, 0.6) is 0 Å². The van der Waals surface area contributed by atoms with E-state index in [4.69, 9.17) is 0 Å². The molecule has 0 saturated carbocycles. The molecule has 0 aliphatic carbocycles. The van der Waals surface area contributed by atoms with Crippen molar-refractivity contribution in [3.05, 3.63) is 56.2 Å². The first-order valence-electron chi connectivity index (χ1n) is 4.99. The maximum Gasteiger partial charge on any atom is 0.416 e. The van der Waals surface area contributed by atoms with E-state index in [0.717, 1.165) is 9.85 Å². The Morgan fingerprint density at radius 3 is 2.33 bits per heavy atom. The zero-order valence-corrected chi connectivity index (χ0v) is 11.3. The summed E-state index contributed by atoms with van der Waals surface area (Å²) in [5.41, 5.74) is -0.929. The van der Waals surface area contributed by atoms with Crippen LogP contribution in [0.15, 0.2) is 40.2 Å². The van der Waals surface area contributed by atoms with Crippen molar-refractivity contribution in [1.82, 2.24) is 0 Å². The van der Waals surface area contributed by atoms with Crippen molar-refractivity contribution in [1.29, 1.82) is 0 Å². The number of aliphatic hydroxyl groups is 1. The molecule has 18 heavy (non-hydrogen) atoms. The molecule has 0 aliphatic heterocycles. The van der Waals surface area contributed by atoms with E-state index in [-0.39, 0.29) is 5.56 Å². The van der Waals surface area contributed by atoms with Gasteiger partial charge in [-0.15, -0.1) is 11.3 Å². The predicted octanol–water partition coefficient (Wildman–Crippen LogP) is 4.61. The number of thiophene rings is 1. The lowest BCUT2D eigenvalue weighted by Crippen LogP contribution is -2.11. The third-order valence-corrected chi connectivity index (χ3v) is 4.10. The highest BCUT2D eigenvalue weighted by atomic mass is 79.9. The van der Waals surface area contributed by atoms with Gasteiger partial charge in [0.1, 0.15) is 6.10 Å². The van der Waals surface area contributed by atoms with E-state index in [0.29, 0.717) is 4.88 Å². The molecule has 1 aromatic heterocycles. The molecule has 0 bridgehead atoms. The first kappa shape index (κ1) is 13.6. The molecule has 1 heterocycles. The maximum atomic E-state index is 12.8. The molecule has 1 aromatic carbocycles. The van der Waals surface area contributed by atoms with Crippen LogP contribution in [0.2, 0.25) is 0 Å². The van der Waals surface area contributed by atoms with E-state index in [9.17, 15) is 18.3 Å². The molecule has 1 nitrogen and oxygen atoms in total. The Labute approximate surface area is 114 Å². The van der Waals surface area contributed by atoms with Gasteiger partial charge in [0, 0.05) is 4.88 Å². The molecule has 1 unspecified atom stereocenters. The zero-order chi connectivity index (χ0) is 13.3. The molecule has 6 heteroatoms. The number of halogens is 4. The molecular weight excluding hydrogens is 329 g/mol. The Bertz CT molecular complexity index is 550. The summed E-state index contributed by atoms with van der Waals surface area (Å²) in [6, 6.07) is 8.36. The quantitative estimate of drug-likeness (QED) is 0.848. The van der Waals surface area contributed by atoms with Crippen molar-refractivity contribution in [2.75, 3.05) is 0 Å². The van der Waals surface area contributed by atoms with Gasteiger partial charge in [0.15, 0.2) is 0 Å².